The van der Waals surface area contributed by atoms with Gasteiger partial charge in [-0.15, -0.1) is 0 Å². The van der Waals surface area contributed by atoms with E-state index in [2.05, 4.69) is 0 Å². The van der Waals surface area contributed by atoms with Gasteiger partial charge in [-0.05, 0) is 33.4 Å². The van der Waals surface area contributed by atoms with Crippen LogP contribution < -0.4 is 0 Å². The summed E-state index contributed by atoms with van der Waals surface area (Å²) in [6.07, 6.45) is 1.07. The highest BCUT2D eigenvalue weighted by atomic mass is 16.6. The first-order valence-electron chi connectivity index (χ1n) is 6.45. The van der Waals surface area contributed by atoms with Crippen LogP contribution in [0.15, 0.2) is 0 Å². The second kappa shape index (κ2) is 7.68. The van der Waals surface area contributed by atoms with Crippen molar-refractivity contribution in [1.29, 1.82) is 0 Å². The summed E-state index contributed by atoms with van der Waals surface area (Å²) in [4.78, 5) is 15.9. The lowest BCUT2D eigenvalue weighted by Gasteiger charge is -2.28. The molecule has 1 heterocycles. The van der Waals surface area contributed by atoms with E-state index in [0.29, 0.717) is 13.1 Å². The molecule has 1 unspecified atom stereocenters. The van der Waals surface area contributed by atoms with Crippen LogP contribution in [0.5, 0.6) is 0 Å². The standard InChI is InChI=1S/C12H24N2O4/c1-10(16)18-9-7-14(6-8-15)12(17)11-4-3-5-13(11)2/h10-11,15-16H,3-9H2,1-2H3/t10?,11-/m1/s1. The van der Waals surface area contributed by atoms with Crippen LogP contribution in [-0.2, 0) is 9.53 Å². The van der Waals surface area contributed by atoms with E-state index in [1.165, 1.54) is 6.92 Å². The molecule has 2 atom stereocenters. The number of rotatable bonds is 7. The van der Waals surface area contributed by atoms with E-state index in [4.69, 9.17) is 14.9 Å². The number of hydrogen-bond donors (Lipinski definition) is 2. The minimum Gasteiger partial charge on any atom is -0.395 e. The molecular formula is C12H24N2O4. The monoisotopic (exact) mass is 260 g/mol. The summed E-state index contributed by atoms with van der Waals surface area (Å²) in [5.74, 6) is 0.0400. The molecule has 6 heteroatoms. The van der Waals surface area contributed by atoms with Crippen molar-refractivity contribution in [3.8, 4) is 0 Å². The fourth-order valence-corrected chi connectivity index (χ4v) is 2.22. The number of likely N-dealkylation sites (tertiary alicyclic amines) is 1. The van der Waals surface area contributed by atoms with Gasteiger partial charge >= 0.3 is 0 Å². The van der Waals surface area contributed by atoms with Crippen molar-refractivity contribution in [1.82, 2.24) is 9.80 Å². The zero-order chi connectivity index (χ0) is 13.5. The third-order valence-electron chi connectivity index (χ3n) is 3.21. The lowest BCUT2D eigenvalue weighted by molar-refractivity contribution is -0.139. The molecule has 1 aliphatic rings. The normalized spacial score (nSPS) is 22.1. The average Bonchev–Trinajstić information content (AvgIpc) is 2.73. The summed E-state index contributed by atoms with van der Waals surface area (Å²) < 4.78 is 5.02. The largest absolute Gasteiger partial charge is 0.395 e. The van der Waals surface area contributed by atoms with Crippen molar-refractivity contribution in [2.45, 2.75) is 32.1 Å². The maximum Gasteiger partial charge on any atom is 0.240 e. The molecule has 0 aliphatic carbocycles. The third-order valence-corrected chi connectivity index (χ3v) is 3.21. The van der Waals surface area contributed by atoms with Crippen molar-refractivity contribution in [2.75, 3.05) is 39.9 Å². The number of hydrogen-bond acceptors (Lipinski definition) is 5. The molecule has 1 fully saturated rings. The highest BCUT2D eigenvalue weighted by Gasteiger charge is 2.30. The first kappa shape index (κ1) is 15.4. The van der Waals surface area contributed by atoms with Crippen molar-refractivity contribution in [3.63, 3.8) is 0 Å². The first-order valence-corrected chi connectivity index (χ1v) is 6.45. The molecule has 0 spiro atoms. The molecule has 1 amide bonds. The predicted octanol–water partition coefficient (Wildman–Crippen LogP) is -0.744. The number of amides is 1. The van der Waals surface area contributed by atoms with Gasteiger partial charge in [0.1, 0.15) is 0 Å². The Bertz CT molecular complexity index is 260. The molecular weight excluding hydrogens is 236 g/mol. The number of aliphatic hydroxyl groups excluding tert-OH is 2. The van der Waals surface area contributed by atoms with Gasteiger partial charge in [0.25, 0.3) is 0 Å². The summed E-state index contributed by atoms with van der Waals surface area (Å²) in [7, 11) is 1.94. The Morgan fingerprint density at radius 1 is 1.56 bits per heavy atom. The summed E-state index contributed by atoms with van der Waals surface area (Å²) in [5, 5.41) is 18.0. The Labute approximate surface area is 108 Å². The van der Waals surface area contributed by atoms with Gasteiger partial charge in [-0.25, -0.2) is 0 Å². The molecule has 0 saturated carbocycles. The summed E-state index contributed by atoms with van der Waals surface area (Å²) in [5.41, 5.74) is 0. The van der Waals surface area contributed by atoms with Crippen LogP contribution in [0.3, 0.4) is 0 Å². The van der Waals surface area contributed by atoms with Gasteiger partial charge in [0.2, 0.25) is 5.91 Å². The number of nitrogens with zero attached hydrogens (tertiary/aromatic N) is 2. The van der Waals surface area contributed by atoms with Crippen molar-refractivity contribution in [2.24, 2.45) is 0 Å². The lowest BCUT2D eigenvalue weighted by atomic mass is 10.2. The second-order valence-corrected chi connectivity index (χ2v) is 4.66. The Kier molecular flexibility index (Phi) is 6.56. The van der Waals surface area contributed by atoms with Gasteiger partial charge in [-0.1, -0.05) is 0 Å². The molecule has 18 heavy (non-hydrogen) atoms. The maximum absolute atomic E-state index is 12.3. The summed E-state index contributed by atoms with van der Waals surface area (Å²) in [6, 6.07) is -0.0805. The topological polar surface area (TPSA) is 73.2 Å². The van der Waals surface area contributed by atoms with Gasteiger partial charge in [-0.3, -0.25) is 9.69 Å². The SMILES string of the molecule is CC(O)OCCN(CCO)C(=O)[C@H]1CCCN1C. The number of ether oxygens (including phenoxy) is 1. The van der Waals surface area contributed by atoms with E-state index in [1.807, 2.05) is 11.9 Å². The van der Waals surface area contributed by atoms with Crippen LogP contribution in [0.25, 0.3) is 0 Å². The predicted molar refractivity (Wildman–Crippen MR) is 67.0 cm³/mol. The molecule has 0 aromatic carbocycles. The molecule has 0 aromatic heterocycles. The van der Waals surface area contributed by atoms with E-state index >= 15 is 0 Å². The molecule has 2 N–H and O–H groups in total. The number of carbonyl (C=O) groups is 1. The highest BCUT2D eigenvalue weighted by Crippen LogP contribution is 2.17. The van der Waals surface area contributed by atoms with Crippen LogP contribution in [0.4, 0.5) is 0 Å². The Balaban J connectivity index is 2.46. The zero-order valence-electron chi connectivity index (χ0n) is 11.2. The summed E-state index contributed by atoms with van der Waals surface area (Å²) >= 11 is 0. The minimum absolute atomic E-state index is 0.0400. The van der Waals surface area contributed by atoms with Crippen LogP contribution in [0.1, 0.15) is 19.8 Å². The second-order valence-electron chi connectivity index (χ2n) is 4.66. The van der Waals surface area contributed by atoms with Crippen LogP contribution >= 0.6 is 0 Å². The van der Waals surface area contributed by atoms with Gasteiger partial charge in [-0.2, -0.15) is 0 Å². The van der Waals surface area contributed by atoms with Gasteiger partial charge < -0.3 is 19.8 Å². The number of likely N-dealkylation sites (N-methyl/N-ethyl adjacent to an activating group) is 1. The summed E-state index contributed by atoms with van der Waals surface area (Å²) in [6.45, 7) is 3.40. The first-order chi connectivity index (χ1) is 8.56. The Morgan fingerprint density at radius 3 is 2.78 bits per heavy atom. The van der Waals surface area contributed by atoms with Gasteiger partial charge in [0.15, 0.2) is 6.29 Å². The zero-order valence-corrected chi connectivity index (χ0v) is 11.2. The number of carbonyl (C=O) groups excluding carboxylic acids is 1. The maximum atomic E-state index is 12.3. The van der Waals surface area contributed by atoms with Gasteiger partial charge in [0.05, 0.1) is 19.3 Å². The molecule has 0 radical (unpaired) electrons. The van der Waals surface area contributed by atoms with Crippen molar-refractivity contribution in [3.05, 3.63) is 0 Å². The molecule has 106 valence electrons. The Hall–Kier alpha value is -0.690. The van der Waals surface area contributed by atoms with E-state index < -0.39 is 6.29 Å². The van der Waals surface area contributed by atoms with Crippen molar-refractivity contribution < 1.29 is 19.7 Å². The van der Waals surface area contributed by atoms with E-state index in [1.54, 1.807) is 4.90 Å². The smallest absolute Gasteiger partial charge is 0.240 e. The van der Waals surface area contributed by atoms with Gasteiger partial charge in [0, 0.05) is 13.1 Å². The van der Waals surface area contributed by atoms with E-state index in [-0.39, 0.29) is 25.2 Å². The molecule has 1 rings (SSSR count). The quantitative estimate of drug-likeness (QED) is 0.590. The Morgan fingerprint density at radius 2 is 2.28 bits per heavy atom. The van der Waals surface area contributed by atoms with Crippen LogP contribution in [-0.4, -0.2) is 78.1 Å². The van der Waals surface area contributed by atoms with Crippen molar-refractivity contribution >= 4 is 5.91 Å². The fourth-order valence-electron chi connectivity index (χ4n) is 2.22. The molecule has 0 aromatic rings. The van der Waals surface area contributed by atoms with E-state index in [0.717, 1.165) is 19.4 Å². The van der Waals surface area contributed by atoms with Crippen LogP contribution in [0.2, 0.25) is 0 Å². The lowest BCUT2D eigenvalue weighted by Crippen LogP contribution is -2.46. The number of aliphatic hydroxyl groups is 2. The average molecular weight is 260 g/mol. The third kappa shape index (κ3) is 4.53. The fraction of sp³-hybridized carbons (Fsp3) is 0.917. The highest BCUT2D eigenvalue weighted by molar-refractivity contribution is 5.82. The molecule has 1 aliphatic heterocycles. The molecule has 1 saturated heterocycles. The molecule has 6 nitrogen and oxygen atoms in total. The molecule has 0 bridgehead atoms. The van der Waals surface area contributed by atoms with E-state index in [9.17, 15) is 4.79 Å². The minimum atomic E-state index is -0.828. The van der Waals surface area contributed by atoms with Crippen LogP contribution in [0, 0.1) is 0 Å².